The molecule has 1 amide bonds. The first kappa shape index (κ1) is 21.4. The second kappa shape index (κ2) is 8.20. The number of aryl methyl sites for hydroxylation is 2. The van der Waals surface area contributed by atoms with E-state index in [-0.39, 0.29) is 11.1 Å². The van der Waals surface area contributed by atoms with E-state index < -0.39 is 5.91 Å². The van der Waals surface area contributed by atoms with Crippen molar-refractivity contribution in [2.75, 3.05) is 16.8 Å². The molecule has 2 aromatic carbocycles. The summed E-state index contributed by atoms with van der Waals surface area (Å²) in [6.45, 7) is 13.6. The first-order valence-electron chi connectivity index (χ1n) is 10.3. The highest BCUT2D eigenvalue weighted by Crippen LogP contribution is 2.40. The molecule has 2 aromatic rings. The first-order valence-corrected chi connectivity index (χ1v) is 10.3. The Labute approximate surface area is 179 Å². The fraction of sp³-hybridized carbons (Fsp3) is 0.308. The summed E-state index contributed by atoms with van der Waals surface area (Å²) < 4.78 is 0. The number of nitrogens with zero attached hydrogens (tertiary/aromatic N) is 2. The van der Waals surface area contributed by atoms with Gasteiger partial charge in [0.15, 0.2) is 0 Å². The van der Waals surface area contributed by atoms with Gasteiger partial charge in [0.05, 0.1) is 5.54 Å². The van der Waals surface area contributed by atoms with Crippen LogP contribution in [0.1, 0.15) is 49.9 Å². The van der Waals surface area contributed by atoms with Gasteiger partial charge in [0.1, 0.15) is 11.6 Å². The third-order valence-electron chi connectivity index (χ3n) is 5.74. The molecule has 30 heavy (non-hydrogen) atoms. The lowest BCUT2D eigenvalue weighted by Gasteiger charge is -2.43. The van der Waals surface area contributed by atoms with Crippen molar-refractivity contribution < 1.29 is 4.79 Å². The van der Waals surface area contributed by atoms with Crippen LogP contribution in [0.15, 0.2) is 48.0 Å². The van der Waals surface area contributed by atoms with Gasteiger partial charge in [-0.25, -0.2) is 0 Å². The van der Waals surface area contributed by atoms with E-state index >= 15 is 0 Å². The van der Waals surface area contributed by atoms with E-state index in [0.717, 1.165) is 28.8 Å². The highest BCUT2D eigenvalue weighted by atomic mass is 16.1. The van der Waals surface area contributed by atoms with Gasteiger partial charge in [-0.1, -0.05) is 24.3 Å². The lowest BCUT2D eigenvalue weighted by Crippen LogP contribution is -2.44. The van der Waals surface area contributed by atoms with Crippen molar-refractivity contribution in [3.05, 3.63) is 70.3 Å². The fourth-order valence-electron chi connectivity index (χ4n) is 4.18. The average molecular weight is 400 g/mol. The van der Waals surface area contributed by atoms with Gasteiger partial charge < -0.3 is 10.2 Å². The lowest BCUT2D eigenvalue weighted by atomic mass is 9.86. The van der Waals surface area contributed by atoms with Crippen LogP contribution in [0.2, 0.25) is 0 Å². The summed E-state index contributed by atoms with van der Waals surface area (Å²) in [5, 5.41) is 12.5. The van der Waals surface area contributed by atoms with Gasteiger partial charge in [-0.15, -0.1) is 0 Å². The molecule has 4 nitrogen and oxygen atoms in total. The molecule has 1 heterocycles. The van der Waals surface area contributed by atoms with E-state index in [1.165, 1.54) is 11.3 Å². The maximum atomic E-state index is 12.7. The fourth-order valence-corrected chi connectivity index (χ4v) is 4.18. The second-order valence-electron chi connectivity index (χ2n) is 8.39. The number of fused-ring (bicyclic) bond motifs is 1. The van der Waals surface area contributed by atoms with Gasteiger partial charge in [-0.05, 0) is 88.1 Å². The Balaban J connectivity index is 2.01. The molecule has 3 rings (SSSR count). The van der Waals surface area contributed by atoms with E-state index in [9.17, 15) is 10.1 Å². The molecule has 0 radical (unpaired) electrons. The van der Waals surface area contributed by atoms with Crippen LogP contribution in [0.4, 0.5) is 11.4 Å². The zero-order chi connectivity index (χ0) is 22.1. The maximum Gasteiger partial charge on any atom is 0.266 e. The van der Waals surface area contributed by atoms with Gasteiger partial charge in [0, 0.05) is 23.5 Å². The molecule has 1 aliphatic heterocycles. The van der Waals surface area contributed by atoms with Crippen LogP contribution < -0.4 is 10.2 Å². The van der Waals surface area contributed by atoms with Crippen LogP contribution >= 0.6 is 0 Å². The van der Waals surface area contributed by atoms with Crippen LogP contribution in [0, 0.1) is 25.2 Å². The highest BCUT2D eigenvalue weighted by Gasteiger charge is 2.30. The summed E-state index contributed by atoms with van der Waals surface area (Å²) in [5.41, 5.74) is 7.17. The molecule has 0 bridgehead atoms. The van der Waals surface area contributed by atoms with E-state index in [4.69, 9.17) is 0 Å². The summed E-state index contributed by atoms with van der Waals surface area (Å²) in [4.78, 5) is 15.1. The molecule has 0 atom stereocenters. The third-order valence-corrected chi connectivity index (χ3v) is 5.74. The third kappa shape index (κ3) is 4.02. The number of hydrogen-bond donors (Lipinski definition) is 1. The molecule has 0 spiro atoms. The number of para-hydroxylation sites is 1. The number of likely N-dealkylation sites (N-methyl/N-ethyl adjacent to an activating group) is 1. The van der Waals surface area contributed by atoms with E-state index in [2.05, 4.69) is 62.2 Å². The van der Waals surface area contributed by atoms with Crippen LogP contribution in [0.3, 0.4) is 0 Å². The molecule has 0 fully saturated rings. The molecular formula is C26H29N3O. The van der Waals surface area contributed by atoms with Crippen molar-refractivity contribution in [1.82, 2.24) is 0 Å². The molecular weight excluding hydrogens is 370 g/mol. The number of rotatable bonds is 4. The molecule has 1 N–H and O–H groups in total. The molecule has 0 aromatic heterocycles. The summed E-state index contributed by atoms with van der Waals surface area (Å²) in [6.07, 6.45) is 3.96. The number of carbonyl (C=O) groups is 1. The summed E-state index contributed by atoms with van der Waals surface area (Å²) in [6, 6.07) is 13.9. The normalized spacial score (nSPS) is 15.2. The largest absolute Gasteiger partial charge is 0.363 e. The van der Waals surface area contributed by atoms with Crippen LogP contribution in [0.25, 0.3) is 11.6 Å². The number of amides is 1. The maximum absolute atomic E-state index is 12.7. The van der Waals surface area contributed by atoms with Gasteiger partial charge in [0.2, 0.25) is 0 Å². The van der Waals surface area contributed by atoms with Gasteiger partial charge in [-0.3, -0.25) is 4.79 Å². The molecule has 1 aliphatic rings. The monoisotopic (exact) mass is 399 g/mol. The Morgan fingerprint density at radius 3 is 2.50 bits per heavy atom. The van der Waals surface area contributed by atoms with Crippen molar-refractivity contribution in [3.63, 3.8) is 0 Å². The number of benzene rings is 2. The molecule has 4 heteroatoms. The second-order valence-corrected chi connectivity index (χ2v) is 8.39. The number of nitrogens with one attached hydrogen (secondary N) is 1. The summed E-state index contributed by atoms with van der Waals surface area (Å²) in [5.74, 6) is -0.396. The SMILES string of the molecule is CCN1c2cc(C)c(/C=C(/C#N)C(=O)Nc3ccccc3C)cc2C(C)=CC1(C)C. The van der Waals surface area contributed by atoms with Gasteiger partial charge in [-0.2, -0.15) is 5.26 Å². The van der Waals surface area contributed by atoms with Gasteiger partial charge in [0.25, 0.3) is 5.91 Å². The molecule has 154 valence electrons. The van der Waals surface area contributed by atoms with E-state index in [0.29, 0.717) is 5.69 Å². The van der Waals surface area contributed by atoms with Crippen LogP contribution in [-0.4, -0.2) is 18.0 Å². The number of hydrogen-bond acceptors (Lipinski definition) is 3. The summed E-state index contributed by atoms with van der Waals surface area (Å²) >= 11 is 0. The Morgan fingerprint density at radius 1 is 1.17 bits per heavy atom. The zero-order valence-corrected chi connectivity index (χ0v) is 18.6. The van der Waals surface area contributed by atoms with Crippen molar-refractivity contribution in [3.8, 4) is 6.07 Å². The predicted molar refractivity (Wildman–Crippen MR) is 125 cm³/mol. The minimum atomic E-state index is -0.396. The minimum absolute atomic E-state index is 0.0547. The first-order chi connectivity index (χ1) is 14.2. The van der Waals surface area contributed by atoms with E-state index in [1.807, 2.05) is 38.1 Å². The van der Waals surface area contributed by atoms with Crippen molar-refractivity contribution in [1.29, 1.82) is 5.26 Å². The zero-order valence-electron chi connectivity index (χ0n) is 18.6. The molecule has 0 unspecified atom stereocenters. The van der Waals surface area contributed by atoms with Gasteiger partial charge >= 0.3 is 0 Å². The number of carbonyl (C=O) groups excluding carboxylic acids is 1. The average Bonchev–Trinajstić information content (AvgIpc) is 2.68. The van der Waals surface area contributed by atoms with Crippen molar-refractivity contribution in [2.24, 2.45) is 0 Å². The van der Waals surface area contributed by atoms with Crippen molar-refractivity contribution in [2.45, 2.75) is 47.1 Å². The smallest absolute Gasteiger partial charge is 0.266 e. The predicted octanol–water partition coefficient (Wildman–Crippen LogP) is 5.87. The standard InChI is InChI=1S/C26H29N3O/c1-7-29-24-12-18(3)20(14-22(24)19(4)15-26(29,5)6)13-21(16-27)25(30)28-23-11-9-8-10-17(23)2/h8-15H,7H2,1-6H3,(H,28,30)/b21-13-. The minimum Gasteiger partial charge on any atom is -0.363 e. The van der Waals surface area contributed by atoms with Crippen LogP contribution in [-0.2, 0) is 4.79 Å². The highest BCUT2D eigenvalue weighted by molar-refractivity contribution is 6.10. The molecule has 0 aliphatic carbocycles. The van der Waals surface area contributed by atoms with Crippen molar-refractivity contribution >= 4 is 28.9 Å². The lowest BCUT2D eigenvalue weighted by molar-refractivity contribution is -0.112. The van der Waals surface area contributed by atoms with Crippen LogP contribution in [0.5, 0.6) is 0 Å². The van der Waals surface area contributed by atoms with E-state index in [1.54, 1.807) is 6.08 Å². The Hall–Kier alpha value is -3.32. The Morgan fingerprint density at radius 2 is 1.87 bits per heavy atom. The number of nitriles is 1. The number of anilines is 2. The summed E-state index contributed by atoms with van der Waals surface area (Å²) in [7, 11) is 0. The molecule has 0 saturated carbocycles. The number of allylic oxidation sites excluding steroid dienone is 1. The Kier molecular flexibility index (Phi) is 5.85. The Bertz CT molecular complexity index is 1100. The quantitative estimate of drug-likeness (QED) is 0.517. The topological polar surface area (TPSA) is 56.1 Å². The molecule has 0 saturated heterocycles.